The van der Waals surface area contributed by atoms with Crippen LogP contribution in [0.5, 0.6) is 0 Å². The maximum absolute atomic E-state index is 12.6. The maximum Gasteiger partial charge on any atom is 0.251 e. The Hall–Kier alpha value is -1.65. The van der Waals surface area contributed by atoms with Crippen LogP contribution in [0.4, 0.5) is 5.69 Å². The van der Waals surface area contributed by atoms with Crippen LogP contribution in [-0.2, 0) is 16.9 Å². The summed E-state index contributed by atoms with van der Waals surface area (Å²) in [6.07, 6.45) is 0. The summed E-state index contributed by atoms with van der Waals surface area (Å²) in [6, 6.07) is 15.7. The fourth-order valence-corrected chi connectivity index (χ4v) is 3.44. The highest BCUT2D eigenvalue weighted by molar-refractivity contribution is 9.10. The van der Waals surface area contributed by atoms with Crippen molar-refractivity contribution in [1.29, 1.82) is 0 Å². The number of carbonyl (C=O) groups excluding carboxylic acids is 1. The van der Waals surface area contributed by atoms with Gasteiger partial charge in [0.25, 0.3) is 5.91 Å². The quantitative estimate of drug-likeness (QED) is 0.919. The van der Waals surface area contributed by atoms with E-state index in [9.17, 15) is 4.79 Å². The smallest absolute Gasteiger partial charge is 0.251 e. The predicted molar refractivity (Wildman–Crippen MR) is 83.3 cm³/mol. The zero-order valence-electron chi connectivity index (χ0n) is 11.1. The van der Waals surface area contributed by atoms with Crippen molar-refractivity contribution in [2.45, 2.75) is 19.0 Å². The van der Waals surface area contributed by atoms with Crippen LogP contribution in [0.1, 0.15) is 18.1 Å². The third kappa shape index (κ3) is 1.96. The lowest BCUT2D eigenvalue weighted by Crippen LogP contribution is -2.44. The lowest BCUT2D eigenvalue weighted by Gasteiger charge is -2.20. The second kappa shape index (κ2) is 4.72. The summed E-state index contributed by atoms with van der Waals surface area (Å²) in [4.78, 5) is 14.4. The van der Waals surface area contributed by atoms with E-state index >= 15 is 0 Å². The minimum absolute atomic E-state index is 0.0664. The molecule has 1 heterocycles. The molecule has 102 valence electrons. The van der Waals surface area contributed by atoms with Gasteiger partial charge in [-0.3, -0.25) is 4.79 Å². The molecule has 3 rings (SSSR count). The topological polar surface area (TPSA) is 46.3 Å². The van der Waals surface area contributed by atoms with Gasteiger partial charge in [0.2, 0.25) is 0 Å². The van der Waals surface area contributed by atoms with Crippen molar-refractivity contribution in [3.63, 3.8) is 0 Å². The van der Waals surface area contributed by atoms with Gasteiger partial charge >= 0.3 is 0 Å². The number of fused-ring (bicyclic) bond motifs is 1. The molecule has 2 aromatic rings. The van der Waals surface area contributed by atoms with Gasteiger partial charge in [0.15, 0.2) is 0 Å². The van der Waals surface area contributed by atoms with Crippen LogP contribution in [0.25, 0.3) is 0 Å². The average molecular weight is 331 g/mol. The summed E-state index contributed by atoms with van der Waals surface area (Å²) in [6.45, 7) is 2.31. The number of hydrogen-bond acceptors (Lipinski definition) is 2. The first kappa shape index (κ1) is 13.3. The number of carbonyl (C=O) groups is 1. The van der Waals surface area contributed by atoms with Crippen molar-refractivity contribution in [2.24, 2.45) is 5.73 Å². The van der Waals surface area contributed by atoms with Gasteiger partial charge in [-0.05, 0) is 24.6 Å². The Balaban J connectivity index is 2.06. The number of rotatable bonds is 2. The summed E-state index contributed by atoms with van der Waals surface area (Å²) < 4.78 is 0.879. The zero-order chi connectivity index (χ0) is 14.3. The van der Waals surface area contributed by atoms with Crippen molar-refractivity contribution in [1.82, 2.24) is 0 Å². The van der Waals surface area contributed by atoms with Crippen molar-refractivity contribution in [2.75, 3.05) is 4.90 Å². The van der Waals surface area contributed by atoms with E-state index < -0.39 is 5.54 Å². The van der Waals surface area contributed by atoms with E-state index in [1.807, 2.05) is 48.5 Å². The Morgan fingerprint density at radius 2 is 1.85 bits per heavy atom. The SMILES string of the molecule is C[C@]1(N)C(=O)N(Cc2ccccc2)c2cccc(Br)c21. The molecule has 0 aliphatic carbocycles. The molecule has 1 aliphatic rings. The molecule has 0 aromatic heterocycles. The van der Waals surface area contributed by atoms with Gasteiger partial charge in [-0.25, -0.2) is 0 Å². The third-order valence-corrected chi connectivity index (χ3v) is 4.34. The molecule has 0 unspecified atom stereocenters. The minimum Gasteiger partial charge on any atom is -0.314 e. The van der Waals surface area contributed by atoms with Crippen LogP contribution in [-0.4, -0.2) is 5.91 Å². The van der Waals surface area contributed by atoms with Crippen LogP contribution in [0.15, 0.2) is 53.0 Å². The lowest BCUT2D eigenvalue weighted by atomic mass is 9.95. The summed E-state index contributed by atoms with van der Waals surface area (Å²) in [5.74, 6) is -0.0664. The second-order valence-corrected chi connectivity index (χ2v) is 6.07. The number of amides is 1. The van der Waals surface area contributed by atoms with Gasteiger partial charge < -0.3 is 10.6 Å². The second-order valence-electron chi connectivity index (χ2n) is 5.21. The number of halogens is 1. The number of hydrogen-bond donors (Lipinski definition) is 1. The average Bonchev–Trinajstić information content (AvgIpc) is 2.62. The third-order valence-electron chi connectivity index (χ3n) is 3.67. The minimum atomic E-state index is -0.982. The normalized spacial score (nSPS) is 21.1. The van der Waals surface area contributed by atoms with Crippen LogP contribution >= 0.6 is 15.9 Å². The first-order valence-corrected chi connectivity index (χ1v) is 7.25. The Labute approximate surface area is 126 Å². The maximum atomic E-state index is 12.6. The molecule has 1 amide bonds. The monoisotopic (exact) mass is 330 g/mol. The van der Waals surface area contributed by atoms with Gasteiger partial charge in [-0.15, -0.1) is 0 Å². The number of benzene rings is 2. The molecule has 0 spiro atoms. The molecule has 3 nitrogen and oxygen atoms in total. The Kier molecular flexibility index (Phi) is 3.15. The molecule has 0 bridgehead atoms. The van der Waals surface area contributed by atoms with E-state index in [0.717, 1.165) is 21.3 Å². The van der Waals surface area contributed by atoms with Gasteiger partial charge in [-0.1, -0.05) is 52.3 Å². The largest absolute Gasteiger partial charge is 0.314 e. The van der Waals surface area contributed by atoms with Gasteiger partial charge in [0, 0.05) is 10.0 Å². The van der Waals surface area contributed by atoms with E-state index in [0.29, 0.717) is 6.54 Å². The van der Waals surface area contributed by atoms with E-state index in [1.54, 1.807) is 11.8 Å². The van der Waals surface area contributed by atoms with Crippen LogP contribution in [0, 0.1) is 0 Å². The highest BCUT2D eigenvalue weighted by Crippen LogP contribution is 2.43. The first-order chi connectivity index (χ1) is 9.51. The fraction of sp³-hybridized carbons (Fsp3) is 0.188. The van der Waals surface area contributed by atoms with Crippen LogP contribution in [0.3, 0.4) is 0 Å². The van der Waals surface area contributed by atoms with Crippen molar-refractivity contribution < 1.29 is 4.79 Å². The van der Waals surface area contributed by atoms with E-state index in [4.69, 9.17) is 5.73 Å². The molecule has 2 aromatic carbocycles. The van der Waals surface area contributed by atoms with E-state index in [-0.39, 0.29) is 5.91 Å². The highest BCUT2D eigenvalue weighted by atomic mass is 79.9. The number of nitrogens with two attached hydrogens (primary N) is 1. The van der Waals surface area contributed by atoms with E-state index in [1.165, 1.54) is 0 Å². The predicted octanol–water partition coefficient (Wildman–Crippen LogP) is 3.17. The number of anilines is 1. The van der Waals surface area contributed by atoms with E-state index in [2.05, 4.69) is 15.9 Å². The van der Waals surface area contributed by atoms with Gasteiger partial charge in [0.1, 0.15) is 5.54 Å². The number of nitrogens with zero attached hydrogens (tertiary/aromatic N) is 1. The molecule has 1 aliphatic heterocycles. The molecule has 0 saturated carbocycles. The molecule has 0 fully saturated rings. The lowest BCUT2D eigenvalue weighted by molar-refractivity contribution is -0.122. The molecule has 0 radical (unpaired) electrons. The highest BCUT2D eigenvalue weighted by Gasteiger charge is 2.45. The van der Waals surface area contributed by atoms with Gasteiger partial charge in [0.05, 0.1) is 12.2 Å². The zero-order valence-corrected chi connectivity index (χ0v) is 12.7. The Morgan fingerprint density at radius 3 is 2.55 bits per heavy atom. The molecule has 20 heavy (non-hydrogen) atoms. The fourth-order valence-electron chi connectivity index (χ4n) is 2.67. The molecular formula is C16H15BrN2O. The Bertz CT molecular complexity index is 667. The molecular weight excluding hydrogens is 316 g/mol. The van der Waals surface area contributed by atoms with Crippen molar-refractivity contribution in [3.8, 4) is 0 Å². The summed E-state index contributed by atoms with van der Waals surface area (Å²) in [5, 5.41) is 0. The summed E-state index contributed by atoms with van der Waals surface area (Å²) in [5.41, 5.74) is 8.11. The summed E-state index contributed by atoms with van der Waals surface area (Å²) in [7, 11) is 0. The molecule has 2 N–H and O–H groups in total. The van der Waals surface area contributed by atoms with Gasteiger partial charge in [-0.2, -0.15) is 0 Å². The summed E-state index contributed by atoms with van der Waals surface area (Å²) >= 11 is 3.50. The molecule has 0 saturated heterocycles. The van der Waals surface area contributed by atoms with Crippen molar-refractivity contribution in [3.05, 3.63) is 64.1 Å². The van der Waals surface area contributed by atoms with Crippen LogP contribution < -0.4 is 10.6 Å². The standard InChI is InChI=1S/C16H15BrN2O/c1-16(18)14-12(17)8-5-9-13(14)19(15(16)20)10-11-6-3-2-4-7-11/h2-9H,10,18H2,1H3/t16-/m1/s1. The molecule has 1 atom stereocenters. The molecule has 4 heteroatoms. The Morgan fingerprint density at radius 1 is 1.15 bits per heavy atom. The van der Waals surface area contributed by atoms with Crippen molar-refractivity contribution >= 4 is 27.5 Å². The van der Waals surface area contributed by atoms with Crippen LogP contribution in [0.2, 0.25) is 0 Å². The first-order valence-electron chi connectivity index (χ1n) is 6.45.